The van der Waals surface area contributed by atoms with Crippen molar-refractivity contribution >= 4 is 28.6 Å². The Morgan fingerprint density at radius 1 is 1.50 bits per heavy atom. The molecular formula is C13H10F2INO3. The Hall–Kier alpha value is -1.51. The molecule has 0 atom stereocenters. The van der Waals surface area contributed by atoms with E-state index < -0.39 is 23.8 Å². The highest BCUT2D eigenvalue weighted by Crippen LogP contribution is 2.29. The summed E-state index contributed by atoms with van der Waals surface area (Å²) in [5, 5.41) is 0. The van der Waals surface area contributed by atoms with E-state index in [2.05, 4.69) is 32.3 Å². The summed E-state index contributed by atoms with van der Waals surface area (Å²) in [6, 6.07) is 6.97. The third kappa shape index (κ3) is 3.14. The van der Waals surface area contributed by atoms with Crippen LogP contribution in [0.2, 0.25) is 0 Å². The SMILES string of the molecule is CCOC(=O)c1oc(-c2cccc(I)c2)nc1C(F)F. The van der Waals surface area contributed by atoms with Crippen molar-refractivity contribution in [3.8, 4) is 11.5 Å². The molecule has 0 fully saturated rings. The summed E-state index contributed by atoms with van der Waals surface area (Å²) in [5.41, 5.74) is -0.174. The lowest BCUT2D eigenvalue weighted by Crippen LogP contribution is -2.06. The van der Waals surface area contributed by atoms with Gasteiger partial charge in [0.15, 0.2) is 5.69 Å². The van der Waals surface area contributed by atoms with Crippen LogP contribution in [0.1, 0.15) is 29.6 Å². The normalized spacial score (nSPS) is 10.8. The Kier molecular flexibility index (Phi) is 4.69. The summed E-state index contributed by atoms with van der Waals surface area (Å²) in [5.74, 6) is -1.51. The molecule has 0 amide bonds. The summed E-state index contributed by atoms with van der Waals surface area (Å²) >= 11 is 2.08. The molecule has 2 rings (SSSR count). The summed E-state index contributed by atoms with van der Waals surface area (Å²) in [7, 11) is 0. The van der Waals surface area contributed by atoms with Crippen molar-refractivity contribution in [2.45, 2.75) is 13.3 Å². The second-order valence-electron chi connectivity index (χ2n) is 3.76. The van der Waals surface area contributed by atoms with Gasteiger partial charge in [0.2, 0.25) is 11.7 Å². The predicted molar refractivity (Wildman–Crippen MR) is 75.6 cm³/mol. The van der Waals surface area contributed by atoms with Gasteiger partial charge in [0.25, 0.3) is 6.43 Å². The van der Waals surface area contributed by atoms with Crippen LogP contribution < -0.4 is 0 Å². The van der Waals surface area contributed by atoms with Crippen molar-refractivity contribution in [3.05, 3.63) is 39.3 Å². The molecule has 1 aromatic heterocycles. The fourth-order valence-electron chi connectivity index (χ4n) is 1.57. The number of ether oxygens (including phenoxy) is 1. The van der Waals surface area contributed by atoms with E-state index in [9.17, 15) is 13.6 Å². The van der Waals surface area contributed by atoms with Crippen LogP contribution in [-0.2, 0) is 4.74 Å². The maximum absolute atomic E-state index is 12.9. The number of nitrogens with zero attached hydrogens (tertiary/aromatic N) is 1. The lowest BCUT2D eigenvalue weighted by molar-refractivity contribution is 0.0476. The fraction of sp³-hybridized carbons (Fsp3) is 0.231. The van der Waals surface area contributed by atoms with Gasteiger partial charge in [0.05, 0.1) is 6.61 Å². The van der Waals surface area contributed by atoms with Gasteiger partial charge in [-0.1, -0.05) is 6.07 Å². The first-order valence-corrected chi connectivity index (χ1v) is 6.82. The molecule has 0 unspecified atom stereocenters. The van der Waals surface area contributed by atoms with E-state index in [1.165, 1.54) is 0 Å². The Balaban J connectivity index is 2.46. The molecule has 7 heteroatoms. The van der Waals surface area contributed by atoms with Gasteiger partial charge in [-0.25, -0.2) is 18.6 Å². The van der Waals surface area contributed by atoms with E-state index in [4.69, 9.17) is 4.42 Å². The van der Waals surface area contributed by atoms with E-state index in [-0.39, 0.29) is 12.5 Å². The molecule has 20 heavy (non-hydrogen) atoms. The van der Waals surface area contributed by atoms with Gasteiger partial charge in [-0.15, -0.1) is 0 Å². The molecule has 4 nitrogen and oxygen atoms in total. The second-order valence-corrected chi connectivity index (χ2v) is 5.01. The van der Waals surface area contributed by atoms with Crippen LogP contribution in [0.3, 0.4) is 0 Å². The number of aromatic nitrogens is 1. The summed E-state index contributed by atoms with van der Waals surface area (Å²) in [6.45, 7) is 1.65. The summed E-state index contributed by atoms with van der Waals surface area (Å²) in [4.78, 5) is 15.3. The minimum atomic E-state index is -2.91. The standard InChI is InChI=1S/C13H10F2INO3/c1-2-19-13(18)10-9(11(14)15)17-12(20-10)7-4-3-5-8(16)6-7/h3-6,11H,2H2,1H3. The van der Waals surface area contributed by atoms with E-state index in [0.717, 1.165) is 3.57 Å². The Morgan fingerprint density at radius 3 is 2.85 bits per heavy atom. The molecule has 0 aliphatic rings. The number of benzene rings is 1. The molecule has 0 saturated carbocycles. The monoisotopic (exact) mass is 393 g/mol. The average molecular weight is 393 g/mol. The van der Waals surface area contributed by atoms with Gasteiger partial charge in [-0.05, 0) is 47.7 Å². The first-order chi connectivity index (χ1) is 9.52. The maximum atomic E-state index is 12.9. The van der Waals surface area contributed by atoms with Crippen molar-refractivity contribution in [2.24, 2.45) is 0 Å². The van der Waals surface area contributed by atoms with Gasteiger partial charge < -0.3 is 9.15 Å². The van der Waals surface area contributed by atoms with Crippen LogP contribution in [0.25, 0.3) is 11.5 Å². The number of halogens is 3. The quantitative estimate of drug-likeness (QED) is 0.581. The molecule has 1 heterocycles. The van der Waals surface area contributed by atoms with Crippen molar-refractivity contribution in [2.75, 3.05) is 6.61 Å². The first kappa shape index (κ1) is 14.9. The third-order valence-electron chi connectivity index (χ3n) is 2.39. The van der Waals surface area contributed by atoms with Gasteiger partial charge in [-0.3, -0.25) is 0 Å². The van der Waals surface area contributed by atoms with Crippen LogP contribution >= 0.6 is 22.6 Å². The van der Waals surface area contributed by atoms with E-state index in [1.54, 1.807) is 25.1 Å². The largest absolute Gasteiger partial charge is 0.460 e. The Labute approximate surface area is 127 Å². The molecule has 0 N–H and O–H groups in total. The number of rotatable bonds is 4. The highest BCUT2D eigenvalue weighted by molar-refractivity contribution is 14.1. The lowest BCUT2D eigenvalue weighted by Gasteiger charge is -1.99. The molecule has 106 valence electrons. The molecule has 0 spiro atoms. The van der Waals surface area contributed by atoms with E-state index >= 15 is 0 Å². The van der Waals surface area contributed by atoms with Gasteiger partial charge in [0.1, 0.15) is 0 Å². The highest BCUT2D eigenvalue weighted by Gasteiger charge is 2.28. The molecule has 0 bridgehead atoms. The van der Waals surface area contributed by atoms with Crippen molar-refractivity contribution in [1.29, 1.82) is 0 Å². The number of hydrogen-bond donors (Lipinski definition) is 0. The molecule has 0 aliphatic carbocycles. The summed E-state index contributed by atoms with van der Waals surface area (Å²) < 4.78 is 36.6. The first-order valence-electron chi connectivity index (χ1n) is 5.74. The lowest BCUT2D eigenvalue weighted by atomic mass is 10.2. The van der Waals surface area contributed by atoms with Gasteiger partial charge in [0, 0.05) is 9.13 Å². The van der Waals surface area contributed by atoms with Crippen LogP contribution in [0.4, 0.5) is 8.78 Å². The zero-order valence-electron chi connectivity index (χ0n) is 10.4. The Morgan fingerprint density at radius 2 is 2.25 bits per heavy atom. The minimum Gasteiger partial charge on any atom is -0.460 e. The second kappa shape index (κ2) is 6.29. The summed E-state index contributed by atoms with van der Waals surface area (Å²) in [6.07, 6.45) is -2.91. The van der Waals surface area contributed by atoms with Crippen LogP contribution in [0.5, 0.6) is 0 Å². The minimum absolute atomic E-state index is 0.0260. The molecule has 2 aromatic rings. The van der Waals surface area contributed by atoms with Crippen LogP contribution in [0, 0.1) is 3.57 Å². The number of esters is 1. The van der Waals surface area contributed by atoms with Gasteiger partial charge in [-0.2, -0.15) is 0 Å². The zero-order chi connectivity index (χ0) is 14.7. The number of carbonyl (C=O) groups is 1. The van der Waals surface area contributed by atoms with Gasteiger partial charge >= 0.3 is 5.97 Å². The fourth-order valence-corrected chi connectivity index (χ4v) is 2.11. The highest BCUT2D eigenvalue weighted by atomic mass is 127. The predicted octanol–water partition coefficient (Wildman–Crippen LogP) is 4.06. The van der Waals surface area contributed by atoms with Crippen molar-refractivity contribution < 1.29 is 22.7 Å². The number of hydrogen-bond acceptors (Lipinski definition) is 4. The molecule has 0 saturated heterocycles. The maximum Gasteiger partial charge on any atom is 0.376 e. The van der Waals surface area contributed by atoms with Crippen molar-refractivity contribution in [1.82, 2.24) is 4.98 Å². The average Bonchev–Trinajstić information content (AvgIpc) is 2.84. The Bertz CT molecular complexity index is 628. The molecular weight excluding hydrogens is 383 g/mol. The van der Waals surface area contributed by atoms with Crippen molar-refractivity contribution in [3.63, 3.8) is 0 Å². The topological polar surface area (TPSA) is 52.3 Å². The molecule has 1 aromatic carbocycles. The smallest absolute Gasteiger partial charge is 0.376 e. The van der Waals surface area contributed by atoms with E-state index in [0.29, 0.717) is 5.56 Å². The van der Waals surface area contributed by atoms with Crippen LogP contribution in [0.15, 0.2) is 28.7 Å². The number of carbonyl (C=O) groups excluding carboxylic acids is 1. The number of oxazole rings is 1. The van der Waals surface area contributed by atoms with E-state index in [1.807, 2.05) is 6.07 Å². The molecule has 0 radical (unpaired) electrons. The zero-order valence-corrected chi connectivity index (χ0v) is 12.6. The number of alkyl halides is 2. The van der Waals surface area contributed by atoms with Crippen LogP contribution in [-0.4, -0.2) is 17.6 Å². The third-order valence-corrected chi connectivity index (χ3v) is 3.06. The molecule has 0 aliphatic heterocycles.